The van der Waals surface area contributed by atoms with Gasteiger partial charge in [-0.25, -0.2) is 0 Å². The van der Waals surface area contributed by atoms with Crippen molar-refractivity contribution in [3.05, 3.63) is 0 Å². The van der Waals surface area contributed by atoms with Crippen LogP contribution in [0.15, 0.2) is 0 Å². The van der Waals surface area contributed by atoms with E-state index in [9.17, 15) is 8.42 Å². The zero-order chi connectivity index (χ0) is 14.6. The van der Waals surface area contributed by atoms with Crippen LogP contribution in [-0.4, -0.2) is 55.9 Å². The van der Waals surface area contributed by atoms with Crippen molar-refractivity contribution in [1.29, 1.82) is 0 Å². The summed E-state index contributed by atoms with van der Waals surface area (Å²) >= 11 is 1.83. The van der Waals surface area contributed by atoms with Crippen molar-refractivity contribution in [2.24, 2.45) is 5.92 Å². The summed E-state index contributed by atoms with van der Waals surface area (Å²) in [5.41, 5.74) is 0. The van der Waals surface area contributed by atoms with Crippen LogP contribution in [0.4, 0.5) is 0 Å². The minimum absolute atomic E-state index is 0.124. The highest BCUT2D eigenvalue weighted by Gasteiger charge is 2.31. The molecule has 0 spiro atoms. The lowest BCUT2D eigenvalue weighted by atomic mass is 9.99. The van der Waals surface area contributed by atoms with E-state index in [1.54, 1.807) is 4.31 Å². The topological polar surface area (TPSA) is 61.4 Å². The third-order valence-corrected chi connectivity index (χ3v) is 6.69. The number of nitrogens with zero attached hydrogens (tertiary/aromatic N) is 1. The second-order valence-corrected chi connectivity index (χ2v) is 8.96. The van der Waals surface area contributed by atoms with E-state index in [-0.39, 0.29) is 6.04 Å². The molecule has 2 saturated heterocycles. The quantitative estimate of drug-likeness (QED) is 0.767. The normalized spacial score (nSPS) is 29.1. The lowest BCUT2D eigenvalue weighted by Gasteiger charge is -2.33. The van der Waals surface area contributed by atoms with Gasteiger partial charge in [-0.15, -0.1) is 0 Å². The molecule has 0 aromatic heterocycles. The molecule has 5 nitrogen and oxygen atoms in total. The molecule has 2 heterocycles. The summed E-state index contributed by atoms with van der Waals surface area (Å²) in [5, 5.41) is 3.42. The van der Waals surface area contributed by atoms with Gasteiger partial charge in [0.15, 0.2) is 0 Å². The molecule has 0 amide bonds. The minimum Gasteiger partial charge on any atom is -0.314 e. The zero-order valence-corrected chi connectivity index (χ0v) is 14.1. The molecule has 20 heavy (non-hydrogen) atoms. The van der Waals surface area contributed by atoms with Gasteiger partial charge in [0.25, 0.3) is 10.2 Å². The summed E-state index contributed by atoms with van der Waals surface area (Å²) in [7, 11) is -3.30. The van der Waals surface area contributed by atoms with Crippen molar-refractivity contribution in [1.82, 2.24) is 14.3 Å². The van der Waals surface area contributed by atoms with Crippen LogP contribution in [0.3, 0.4) is 0 Å². The van der Waals surface area contributed by atoms with E-state index in [0.717, 1.165) is 37.3 Å². The van der Waals surface area contributed by atoms with Crippen LogP contribution in [0, 0.1) is 5.92 Å². The van der Waals surface area contributed by atoms with E-state index in [1.807, 2.05) is 11.8 Å². The van der Waals surface area contributed by atoms with Crippen LogP contribution in [0.5, 0.6) is 0 Å². The number of thioether (sulfide) groups is 1. The zero-order valence-electron chi connectivity index (χ0n) is 12.5. The van der Waals surface area contributed by atoms with Gasteiger partial charge in [-0.2, -0.15) is 29.2 Å². The number of hydrogen-bond donors (Lipinski definition) is 2. The fourth-order valence-corrected chi connectivity index (χ4v) is 5.53. The first-order chi connectivity index (χ1) is 9.47. The molecular formula is C13H27N3O2S2. The maximum atomic E-state index is 12.4. The molecule has 0 bridgehead atoms. The highest BCUT2D eigenvalue weighted by Crippen LogP contribution is 2.21. The van der Waals surface area contributed by atoms with E-state index in [0.29, 0.717) is 25.0 Å². The second-order valence-electron chi connectivity index (χ2n) is 6.11. The second kappa shape index (κ2) is 7.45. The van der Waals surface area contributed by atoms with Crippen molar-refractivity contribution >= 4 is 22.0 Å². The highest BCUT2D eigenvalue weighted by atomic mass is 32.2. The molecule has 2 fully saturated rings. The van der Waals surface area contributed by atoms with E-state index < -0.39 is 10.2 Å². The molecule has 2 aliphatic rings. The van der Waals surface area contributed by atoms with Crippen LogP contribution in [0.1, 0.15) is 33.1 Å². The van der Waals surface area contributed by atoms with Crippen molar-refractivity contribution in [2.45, 2.75) is 45.2 Å². The van der Waals surface area contributed by atoms with Crippen LogP contribution < -0.4 is 10.0 Å². The Bertz CT molecular complexity index is 394. The van der Waals surface area contributed by atoms with Crippen molar-refractivity contribution in [2.75, 3.05) is 31.1 Å². The Morgan fingerprint density at radius 2 is 2.15 bits per heavy atom. The predicted molar refractivity (Wildman–Crippen MR) is 85.2 cm³/mol. The molecule has 2 N–H and O–H groups in total. The Morgan fingerprint density at radius 3 is 2.80 bits per heavy atom. The van der Waals surface area contributed by atoms with E-state index in [4.69, 9.17) is 0 Å². The summed E-state index contributed by atoms with van der Waals surface area (Å²) in [5.74, 6) is 2.40. The molecule has 0 saturated carbocycles. The molecule has 2 atom stereocenters. The summed E-state index contributed by atoms with van der Waals surface area (Å²) in [6, 6.07) is 0.579. The fraction of sp³-hybridized carbons (Fsp3) is 1.00. The molecule has 0 aliphatic carbocycles. The van der Waals surface area contributed by atoms with Crippen LogP contribution in [0.25, 0.3) is 0 Å². The largest absolute Gasteiger partial charge is 0.314 e. The standard InChI is InChI=1S/C13H27N3O2S2/c1-11(2)14-8-12-4-3-6-16(9-12)20(17,18)15-13-5-7-19-10-13/h11-15H,3-10H2,1-2H3. The summed E-state index contributed by atoms with van der Waals surface area (Å²) in [6.45, 7) is 6.46. The Hall–Kier alpha value is 0.180. The molecule has 2 unspecified atom stereocenters. The maximum absolute atomic E-state index is 12.4. The van der Waals surface area contributed by atoms with E-state index >= 15 is 0 Å². The van der Waals surface area contributed by atoms with Gasteiger partial charge in [0, 0.05) is 30.9 Å². The van der Waals surface area contributed by atoms with Crippen molar-refractivity contribution < 1.29 is 8.42 Å². The average Bonchev–Trinajstić information content (AvgIpc) is 2.89. The highest BCUT2D eigenvalue weighted by molar-refractivity contribution is 7.99. The lowest BCUT2D eigenvalue weighted by Crippen LogP contribution is -2.50. The maximum Gasteiger partial charge on any atom is 0.279 e. The third-order valence-electron chi connectivity index (χ3n) is 3.88. The van der Waals surface area contributed by atoms with Gasteiger partial charge < -0.3 is 5.32 Å². The monoisotopic (exact) mass is 321 g/mol. The first kappa shape index (κ1) is 16.5. The van der Waals surface area contributed by atoms with Crippen LogP contribution in [0.2, 0.25) is 0 Å². The molecule has 7 heteroatoms. The summed E-state index contributed by atoms with van der Waals surface area (Å²) in [6.07, 6.45) is 3.03. The Kier molecular flexibility index (Phi) is 6.16. The Balaban J connectivity index is 1.86. The number of piperidine rings is 1. The van der Waals surface area contributed by atoms with Gasteiger partial charge in [-0.05, 0) is 37.5 Å². The van der Waals surface area contributed by atoms with Crippen LogP contribution in [-0.2, 0) is 10.2 Å². The third kappa shape index (κ3) is 4.87. The number of hydrogen-bond acceptors (Lipinski definition) is 4. The smallest absolute Gasteiger partial charge is 0.279 e. The first-order valence-corrected chi connectivity index (χ1v) is 10.2. The van der Waals surface area contributed by atoms with Crippen LogP contribution >= 0.6 is 11.8 Å². The van der Waals surface area contributed by atoms with Gasteiger partial charge in [0.05, 0.1) is 0 Å². The molecular weight excluding hydrogens is 294 g/mol. The first-order valence-electron chi connectivity index (χ1n) is 7.56. The molecule has 2 aliphatic heterocycles. The molecule has 118 valence electrons. The number of rotatable bonds is 6. The SMILES string of the molecule is CC(C)NCC1CCCN(S(=O)(=O)NC2CCSC2)C1. The van der Waals surface area contributed by atoms with E-state index in [2.05, 4.69) is 23.9 Å². The predicted octanol–water partition coefficient (Wildman–Crippen LogP) is 1.04. The summed E-state index contributed by atoms with van der Waals surface area (Å²) < 4.78 is 29.3. The summed E-state index contributed by atoms with van der Waals surface area (Å²) in [4.78, 5) is 0. The molecule has 0 aromatic rings. The molecule has 0 aromatic carbocycles. The van der Waals surface area contributed by atoms with Gasteiger partial charge in [0.1, 0.15) is 0 Å². The Labute approximate surface area is 127 Å². The Morgan fingerprint density at radius 1 is 1.35 bits per heavy atom. The van der Waals surface area contributed by atoms with Crippen molar-refractivity contribution in [3.63, 3.8) is 0 Å². The molecule has 0 radical (unpaired) electrons. The van der Waals surface area contributed by atoms with E-state index in [1.165, 1.54) is 0 Å². The van der Waals surface area contributed by atoms with Gasteiger partial charge in [-0.3, -0.25) is 0 Å². The molecule has 2 rings (SSSR count). The fourth-order valence-electron chi connectivity index (χ4n) is 2.73. The van der Waals surface area contributed by atoms with Crippen molar-refractivity contribution in [3.8, 4) is 0 Å². The van der Waals surface area contributed by atoms with Gasteiger partial charge in [0.2, 0.25) is 0 Å². The number of nitrogens with one attached hydrogen (secondary N) is 2. The van der Waals surface area contributed by atoms with Gasteiger partial charge in [-0.1, -0.05) is 13.8 Å². The minimum atomic E-state index is -3.30. The van der Waals surface area contributed by atoms with Gasteiger partial charge >= 0.3 is 0 Å². The average molecular weight is 322 g/mol. The lowest BCUT2D eigenvalue weighted by molar-refractivity contribution is 0.253.